The number of unbranched alkanes of at least 4 members (excludes halogenated alkanes) is 7. The van der Waals surface area contributed by atoms with Gasteiger partial charge in [-0.25, -0.2) is 4.98 Å². The van der Waals surface area contributed by atoms with Crippen LogP contribution in [0.2, 0.25) is 0 Å². The van der Waals surface area contributed by atoms with E-state index in [1.54, 1.807) is 11.3 Å². The second-order valence-corrected chi connectivity index (χ2v) is 14.6. The Morgan fingerprint density at radius 2 is 1.58 bits per heavy atom. The van der Waals surface area contributed by atoms with Gasteiger partial charge in [-0.3, -0.25) is 24.0 Å². The van der Waals surface area contributed by atoms with E-state index in [4.69, 9.17) is 9.84 Å². The SMILES string of the molecule is CC(=O)OC1CC(C(=O)NCc2ccc(-c3scnc3C)cc2)N(C(=O)C(NC(=O)CCCCCCCCCCC(=O)O)C(C)(C)C)C1. The molecule has 0 aliphatic carbocycles. The largest absolute Gasteiger partial charge is 0.481 e. The maximum Gasteiger partial charge on any atom is 0.303 e. The van der Waals surface area contributed by atoms with E-state index in [0.717, 1.165) is 60.2 Å². The van der Waals surface area contributed by atoms with E-state index in [9.17, 15) is 24.0 Å². The summed E-state index contributed by atoms with van der Waals surface area (Å²) in [6, 6.07) is 6.16. The summed E-state index contributed by atoms with van der Waals surface area (Å²) in [5.74, 6) is -2.18. The summed E-state index contributed by atoms with van der Waals surface area (Å²) in [6.07, 6.45) is 7.36. The van der Waals surface area contributed by atoms with Crippen LogP contribution < -0.4 is 10.6 Å². The number of carboxylic acids is 1. The molecule has 3 N–H and O–H groups in total. The highest BCUT2D eigenvalue weighted by Gasteiger charge is 2.45. The molecule has 1 aromatic carbocycles. The first kappa shape index (κ1) is 38.6. The van der Waals surface area contributed by atoms with Crippen LogP contribution >= 0.6 is 11.3 Å². The number of ether oxygens (including phenoxy) is 1. The zero-order chi connectivity index (χ0) is 35.3. The molecule has 0 saturated carbocycles. The summed E-state index contributed by atoms with van der Waals surface area (Å²) >= 11 is 1.57. The first-order chi connectivity index (χ1) is 22.8. The van der Waals surface area contributed by atoms with E-state index in [1.165, 1.54) is 11.8 Å². The van der Waals surface area contributed by atoms with Crippen LogP contribution in [0.1, 0.15) is 110 Å². The first-order valence-electron chi connectivity index (χ1n) is 17.0. The third-order valence-electron chi connectivity index (χ3n) is 8.57. The number of aliphatic carboxylic acids is 1. The predicted molar refractivity (Wildman–Crippen MR) is 185 cm³/mol. The van der Waals surface area contributed by atoms with Gasteiger partial charge in [0.15, 0.2) is 0 Å². The molecule has 1 aliphatic heterocycles. The monoisotopic (exact) mass is 684 g/mol. The van der Waals surface area contributed by atoms with Crippen molar-refractivity contribution in [3.8, 4) is 10.4 Å². The van der Waals surface area contributed by atoms with Crippen LogP contribution in [0.5, 0.6) is 0 Å². The highest BCUT2D eigenvalue weighted by molar-refractivity contribution is 7.13. The molecule has 1 aliphatic rings. The van der Waals surface area contributed by atoms with Gasteiger partial charge in [0.05, 0.1) is 22.6 Å². The maximum atomic E-state index is 14.0. The van der Waals surface area contributed by atoms with Gasteiger partial charge in [-0.15, -0.1) is 11.3 Å². The van der Waals surface area contributed by atoms with Crippen molar-refractivity contribution in [3.63, 3.8) is 0 Å². The van der Waals surface area contributed by atoms with E-state index in [2.05, 4.69) is 15.6 Å². The smallest absolute Gasteiger partial charge is 0.303 e. The molecule has 12 heteroatoms. The van der Waals surface area contributed by atoms with E-state index < -0.39 is 35.5 Å². The molecule has 264 valence electrons. The van der Waals surface area contributed by atoms with E-state index >= 15 is 0 Å². The molecule has 0 spiro atoms. The van der Waals surface area contributed by atoms with Gasteiger partial charge in [0.1, 0.15) is 18.2 Å². The van der Waals surface area contributed by atoms with Crippen molar-refractivity contribution < 1.29 is 33.8 Å². The molecule has 1 fully saturated rings. The van der Waals surface area contributed by atoms with Crippen molar-refractivity contribution in [2.24, 2.45) is 5.41 Å². The Labute approximate surface area is 288 Å². The molecule has 0 bridgehead atoms. The Morgan fingerprint density at radius 1 is 0.979 bits per heavy atom. The number of likely N-dealkylation sites (tertiary alicyclic amines) is 1. The average Bonchev–Trinajstić information content (AvgIpc) is 3.64. The van der Waals surface area contributed by atoms with Crippen LogP contribution in [0.4, 0.5) is 0 Å². The molecule has 3 unspecified atom stereocenters. The molecule has 48 heavy (non-hydrogen) atoms. The number of esters is 1. The lowest BCUT2D eigenvalue weighted by atomic mass is 9.85. The minimum absolute atomic E-state index is 0.0676. The first-order valence-corrected chi connectivity index (χ1v) is 17.9. The molecule has 3 atom stereocenters. The highest BCUT2D eigenvalue weighted by atomic mass is 32.1. The lowest BCUT2D eigenvalue weighted by molar-refractivity contribution is -0.147. The minimum Gasteiger partial charge on any atom is -0.481 e. The quantitative estimate of drug-likeness (QED) is 0.132. The number of hydrogen-bond acceptors (Lipinski definition) is 8. The molecular formula is C36H52N4O7S. The third kappa shape index (κ3) is 12.3. The zero-order valence-electron chi connectivity index (χ0n) is 29.0. The fourth-order valence-corrected chi connectivity index (χ4v) is 6.75. The Balaban J connectivity index is 1.56. The number of nitrogens with one attached hydrogen (secondary N) is 2. The average molecular weight is 685 g/mol. The summed E-state index contributed by atoms with van der Waals surface area (Å²) in [6.45, 7) is 9.22. The molecule has 0 radical (unpaired) electrons. The van der Waals surface area contributed by atoms with E-state index in [-0.39, 0.29) is 43.7 Å². The third-order valence-corrected chi connectivity index (χ3v) is 9.55. The van der Waals surface area contributed by atoms with Crippen molar-refractivity contribution in [3.05, 3.63) is 41.0 Å². The van der Waals surface area contributed by atoms with Gasteiger partial charge < -0.3 is 25.4 Å². The number of thiazole rings is 1. The minimum atomic E-state index is -0.870. The fourth-order valence-electron chi connectivity index (χ4n) is 5.94. The normalized spacial score (nSPS) is 16.7. The molecular weight excluding hydrogens is 632 g/mol. The van der Waals surface area contributed by atoms with Crippen molar-refractivity contribution >= 4 is 41.0 Å². The number of carbonyl (C=O) groups is 5. The van der Waals surface area contributed by atoms with Crippen LogP contribution in [-0.2, 0) is 35.3 Å². The van der Waals surface area contributed by atoms with Crippen molar-refractivity contribution in [2.75, 3.05) is 6.54 Å². The van der Waals surface area contributed by atoms with E-state index in [0.29, 0.717) is 19.3 Å². The zero-order valence-corrected chi connectivity index (χ0v) is 29.8. The van der Waals surface area contributed by atoms with Crippen molar-refractivity contribution in [1.29, 1.82) is 0 Å². The van der Waals surface area contributed by atoms with Crippen LogP contribution in [0.15, 0.2) is 29.8 Å². The summed E-state index contributed by atoms with van der Waals surface area (Å²) in [4.78, 5) is 69.8. The summed E-state index contributed by atoms with van der Waals surface area (Å²) in [5, 5.41) is 14.6. The molecule has 1 aromatic heterocycles. The maximum absolute atomic E-state index is 14.0. The summed E-state index contributed by atoms with van der Waals surface area (Å²) < 4.78 is 5.43. The molecule has 1 saturated heterocycles. The Kier molecular flexibility index (Phi) is 15.0. The number of carbonyl (C=O) groups excluding carboxylic acids is 4. The van der Waals surface area contributed by atoms with Gasteiger partial charge in [-0.2, -0.15) is 0 Å². The number of rotatable bonds is 18. The Hall–Kier alpha value is -3.80. The second kappa shape index (κ2) is 18.7. The summed E-state index contributed by atoms with van der Waals surface area (Å²) in [5.41, 5.74) is 4.10. The standard InChI is InChI=1S/C36H52N4O7S/c1-24-32(48-23-38-24)27-18-16-26(17-19-27)21-37-34(45)29-20-28(47-25(2)41)22-40(29)35(46)33(36(3,4)5)39-30(42)14-12-10-8-6-7-9-11-13-15-31(43)44/h16-19,23,28-29,33H,6-15,20-22H2,1-5H3,(H,37,45)(H,39,42)(H,43,44). The van der Waals surface area contributed by atoms with Gasteiger partial charge in [0, 0.05) is 32.7 Å². The lowest BCUT2D eigenvalue weighted by Gasteiger charge is -2.35. The van der Waals surface area contributed by atoms with Gasteiger partial charge in [-0.05, 0) is 36.3 Å². The highest BCUT2D eigenvalue weighted by Crippen LogP contribution is 2.29. The van der Waals surface area contributed by atoms with Crippen LogP contribution in [0.25, 0.3) is 10.4 Å². The Morgan fingerprint density at radius 3 is 2.12 bits per heavy atom. The van der Waals surface area contributed by atoms with Crippen LogP contribution in [0.3, 0.4) is 0 Å². The predicted octanol–water partition coefficient (Wildman–Crippen LogP) is 5.78. The number of nitrogens with zero attached hydrogens (tertiary/aromatic N) is 2. The lowest BCUT2D eigenvalue weighted by Crippen LogP contribution is -2.57. The topological polar surface area (TPSA) is 155 Å². The number of aromatic nitrogens is 1. The van der Waals surface area contributed by atoms with Gasteiger partial charge >= 0.3 is 11.9 Å². The Bertz CT molecular complexity index is 1390. The fraction of sp³-hybridized carbons (Fsp3) is 0.611. The second-order valence-electron chi connectivity index (χ2n) is 13.7. The number of carboxylic acid groups (broad SMARTS) is 1. The number of hydrogen-bond donors (Lipinski definition) is 3. The number of benzene rings is 1. The van der Waals surface area contributed by atoms with Crippen LogP contribution in [-0.4, -0.2) is 69.4 Å². The van der Waals surface area contributed by atoms with Crippen molar-refractivity contribution in [1.82, 2.24) is 20.5 Å². The van der Waals surface area contributed by atoms with Crippen molar-refractivity contribution in [2.45, 2.75) is 130 Å². The molecule has 2 aromatic rings. The molecule has 3 rings (SSSR count). The number of amides is 3. The van der Waals surface area contributed by atoms with Gasteiger partial charge in [0.25, 0.3) is 0 Å². The van der Waals surface area contributed by atoms with Gasteiger partial charge in [-0.1, -0.05) is 83.6 Å². The molecule has 11 nitrogen and oxygen atoms in total. The van der Waals surface area contributed by atoms with Gasteiger partial charge in [0.2, 0.25) is 17.7 Å². The summed E-state index contributed by atoms with van der Waals surface area (Å²) in [7, 11) is 0. The van der Waals surface area contributed by atoms with Crippen LogP contribution in [0, 0.1) is 12.3 Å². The molecule has 2 heterocycles. The van der Waals surface area contributed by atoms with E-state index in [1.807, 2.05) is 57.5 Å². The number of aryl methyl sites for hydroxylation is 1. The molecule has 3 amide bonds.